The van der Waals surface area contributed by atoms with E-state index in [1.54, 1.807) is 23.6 Å². The van der Waals surface area contributed by atoms with Crippen LogP contribution in [0.1, 0.15) is 28.7 Å². The van der Waals surface area contributed by atoms with E-state index < -0.39 is 0 Å². The highest BCUT2D eigenvalue weighted by atomic mass is 32.1. The minimum Gasteiger partial charge on any atom is -0.305 e. The molecule has 1 N–H and O–H groups in total. The van der Waals surface area contributed by atoms with Gasteiger partial charge in [-0.3, -0.25) is 4.79 Å². The van der Waals surface area contributed by atoms with Crippen LogP contribution < -0.4 is 5.32 Å². The van der Waals surface area contributed by atoms with Crippen LogP contribution in [0.2, 0.25) is 0 Å². The molecular weight excluding hydrogens is 296 g/mol. The van der Waals surface area contributed by atoms with E-state index in [9.17, 15) is 4.79 Å². The van der Waals surface area contributed by atoms with Crippen LogP contribution in [-0.4, -0.2) is 20.4 Å². The predicted octanol–water partition coefficient (Wildman–Crippen LogP) is 3.53. The van der Waals surface area contributed by atoms with E-state index >= 15 is 0 Å². The first-order chi connectivity index (χ1) is 10.8. The van der Waals surface area contributed by atoms with Crippen molar-refractivity contribution in [3.8, 4) is 5.13 Å². The van der Waals surface area contributed by atoms with E-state index in [2.05, 4.69) is 22.2 Å². The highest BCUT2D eigenvalue weighted by Gasteiger charge is 2.18. The van der Waals surface area contributed by atoms with Gasteiger partial charge in [0.2, 0.25) is 0 Å². The lowest BCUT2D eigenvalue weighted by atomic mass is 10.2. The molecule has 1 amide bonds. The molecule has 0 aromatic carbocycles. The Morgan fingerprint density at radius 2 is 2.09 bits per heavy atom. The molecule has 0 bridgehead atoms. The van der Waals surface area contributed by atoms with Crippen molar-refractivity contribution in [1.82, 2.24) is 14.5 Å². The first-order valence-electron chi connectivity index (χ1n) is 7.13. The summed E-state index contributed by atoms with van der Waals surface area (Å²) in [6, 6.07) is 9.28. The molecule has 3 aromatic heterocycles. The third kappa shape index (κ3) is 3.07. The number of nitrogens with zero attached hydrogens (tertiary/aromatic N) is 3. The lowest BCUT2D eigenvalue weighted by molar-refractivity contribution is 0.102. The Balaban J connectivity index is 1.89. The lowest BCUT2D eigenvalue weighted by Crippen LogP contribution is -2.15. The van der Waals surface area contributed by atoms with Gasteiger partial charge in [-0.05, 0) is 30.7 Å². The number of amides is 1. The fourth-order valence-corrected chi connectivity index (χ4v) is 3.22. The van der Waals surface area contributed by atoms with E-state index in [1.165, 1.54) is 0 Å². The zero-order valence-electron chi connectivity index (χ0n) is 12.2. The molecule has 0 aliphatic carbocycles. The van der Waals surface area contributed by atoms with E-state index in [1.807, 2.05) is 41.2 Å². The van der Waals surface area contributed by atoms with Gasteiger partial charge < -0.3 is 9.88 Å². The fraction of sp³-hybridized carbons (Fsp3) is 0.188. The molecule has 0 unspecified atom stereocenters. The van der Waals surface area contributed by atoms with Crippen molar-refractivity contribution in [3.63, 3.8) is 0 Å². The molecule has 0 saturated carbocycles. The minimum absolute atomic E-state index is 0.211. The molecule has 0 radical (unpaired) electrons. The number of thiazole rings is 1. The van der Waals surface area contributed by atoms with Gasteiger partial charge in [0.05, 0.1) is 0 Å². The largest absolute Gasteiger partial charge is 0.305 e. The Morgan fingerprint density at radius 3 is 2.77 bits per heavy atom. The summed E-state index contributed by atoms with van der Waals surface area (Å²) in [4.78, 5) is 22.1. The average molecular weight is 312 g/mol. The normalized spacial score (nSPS) is 10.6. The van der Waals surface area contributed by atoms with Gasteiger partial charge in [-0.1, -0.05) is 19.4 Å². The van der Waals surface area contributed by atoms with Gasteiger partial charge in [0, 0.05) is 23.5 Å². The summed E-state index contributed by atoms with van der Waals surface area (Å²) in [5.74, 6) is 0.322. The van der Waals surface area contributed by atoms with Crippen LogP contribution in [0.3, 0.4) is 0 Å². The highest BCUT2D eigenvalue weighted by molar-refractivity contribution is 7.14. The third-order valence-electron chi connectivity index (χ3n) is 3.11. The van der Waals surface area contributed by atoms with Crippen molar-refractivity contribution in [2.24, 2.45) is 0 Å². The van der Waals surface area contributed by atoms with Crippen molar-refractivity contribution in [1.29, 1.82) is 0 Å². The molecule has 0 aliphatic heterocycles. The molecule has 0 aliphatic rings. The van der Waals surface area contributed by atoms with Crippen LogP contribution in [-0.2, 0) is 6.42 Å². The van der Waals surface area contributed by atoms with Crippen molar-refractivity contribution < 1.29 is 4.79 Å². The van der Waals surface area contributed by atoms with Gasteiger partial charge in [-0.2, -0.15) is 0 Å². The van der Waals surface area contributed by atoms with Crippen LogP contribution in [0.4, 0.5) is 5.82 Å². The van der Waals surface area contributed by atoms with Crippen LogP contribution in [0, 0.1) is 0 Å². The van der Waals surface area contributed by atoms with Crippen molar-refractivity contribution in [3.05, 3.63) is 59.5 Å². The van der Waals surface area contributed by atoms with E-state index in [4.69, 9.17) is 0 Å². The molecule has 0 spiro atoms. The highest BCUT2D eigenvalue weighted by Crippen LogP contribution is 2.24. The van der Waals surface area contributed by atoms with Crippen molar-refractivity contribution in [2.75, 3.05) is 5.32 Å². The molecule has 0 atom stereocenters. The molecule has 112 valence electrons. The Kier molecular flexibility index (Phi) is 4.29. The fourth-order valence-electron chi connectivity index (χ4n) is 2.10. The van der Waals surface area contributed by atoms with E-state index in [-0.39, 0.29) is 5.91 Å². The lowest BCUT2D eigenvalue weighted by Gasteiger charge is -2.03. The summed E-state index contributed by atoms with van der Waals surface area (Å²) in [5.41, 5.74) is 0.487. The average Bonchev–Trinajstić information content (AvgIpc) is 3.17. The summed E-state index contributed by atoms with van der Waals surface area (Å²) in [7, 11) is 0. The maximum absolute atomic E-state index is 12.5. The minimum atomic E-state index is -0.211. The maximum atomic E-state index is 12.5. The van der Waals surface area contributed by atoms with Gasteiger partial charge in [-0.25, -0.2) is 9.97 Å². The quantitative estimate of drug-likeness (QED) is 0.784. The second kappa shape index (κ2) is 6.53. The summed E-state index contributed by atoms with van der Waals surface area (Å²) in [5, 5.41) is 3.61. The Bertz CT molecular complexity index is 750. The number of carbonyl (C=O) groups excluding carboxylic acids is 1. The van der Waals surface area contributed by atoms with Crippen molar-refractivity contribution >= 4 is 23.1 Å². The second-order valence-corrected chi connectivity index (χ2v) is 5.84. The number of aromatic nitrogens is 3. The Labute approximate surface area is 132 Å². The standard InChI is InChI=1S/C16H16N4OS/c1-2-7-12-14(15(21)18-13-8-3-4-9-17-13)19-16(22-12)20-10-5-6-11-20/h3-6,8-11H,2,7H2,1H3,(H,17,18,21). The number of nitrogens with one attached hydrogen (secondary N) is 1. The first-order valence-corrected chi connectivity index (χ1v) is 7.95. The third-order valence-corrected chi connectivity index (χ3v) is 4.24. The van der Waals surface area contributed by atoms with Crippen LogP contribution in [0.15, 0.2) is 48.9 Å². The molecule has 22 heavy (non-hydrogen) atoms. The number of rotatable bonds is 5. The van der Waals surface area contributed by atoms with Crippen LogP contribution >= 0.6 is 11.3 Å². The molecule has 5 nitrogen and oxygen atoms in total. The monoisotopic (exact) mass is 312 g/mol. The summed E-state index contributed by atoms with van der Waals surface area (Å²) < 4.78 is 1.92. The van der Waals surface area contributed by atoms with Gasteiger partial charge in [0.15, 0.2) is 5.13 Å². The molecule has 3 rings (SSSR count). The van der Waals surface area contributed by atoms with E-state index in [0.29, 0.717) is 11.5 Å². The Hall–Kier alpha value is -2.47. The second-order valence-electron chi connectivity index (χ2n) is 4.78. The van der Waals surface area contributed by atoms with Gasteiger partial charge >= 0.3 is 0 Å². The molecule has 3 heterocycles. The zero-order valence-corrected chi connectivity index (χ0v) is 13.0. The number of hydrogen-bond acceptors (Lipinski definition) is 4. The first kappa shape index (κ1) is 14.5. The molecule has 3 aromatic rings. The Morgan fingerprint density at radius 1 is 1.27 bits per heavy atom. The molecule has 6 heteroatoms. The summed E-state index contributed by atoms with van der Waals surface area (Å²) in [6.45, 7) is 2.09. The number of pyridine rings is 1. The van der Waals surface area contributed by atoms with Crippen LogP contribution in [0.5, 0.6) is 0 Å². The zero-order chi connectivity index (χ0) is 15.4. The molecule has 0 fully saturated rings. The van der Waals surface area contributed by atoms with Gasteiger partial charge in [0.25, 0.3) is 5.91 Å². The van der Waals surface area contributed by atoms with E-state index in [0.717, 1.165) is 22.9 Å². The van der Waals surface area contributed by atoms with Gasteiger partial charge in [0.1, 0.15) is 11.5 Å². The summed E-state index contributed by atoms with van der Waals surface area (Å²) >= 11 is 1.55. The van der Waals surface area contributed by atoms with Crippen LogP contribution in [0.25, 0.3) is 5.13 Å². The topological polar surface area (TPSA) is 59.8 Å². The number of hydrogen-bond donors (Lipinski definition) is 1. The SMILES string of the molecule is CCCc1sc(-n2cccc2)nc1C(=O)Nc1ccccn1. The maximum Gasteiger partial charge on any atom is 0.276 e. The smallest absolute Gasteiger partial charge is 0.276 e. The molecule has 0 saturated heterocycles. The number of anilines is 1. The summed E-state index contributed by atoms with van der Waals surface area (Å²) in [6.07, 6.45) is 7.31. The number of aryl methyl sites for hydroxylation is 1. The molecular formula is C16H16N4OS. The predicted molar refractivity (Wildman–Crippen MR) is 87.6 cm³/mol. The van der Waals surface area contributed by atoms with Crippen molar-refractivity contribution in [2.45, 2.75) is 19.8 Å². The number of carbonyl (C=O) groups is 1. The van der Waals surface area contributed by atoms with Gasteiger partial charge in [-0.15, -0.1) is 11.3 Å².